The number of ether oxygens (including phenoxy) is 1. The lowest BCUT2D eigenvalue weighted by molar-refractivity contribution is -0.128. The van der Waals surface area contributed by atoms with Gasteiger partial charge in [0.15, 0.2) is 0 Å². The standard InChI is InChI=1S/C16H24FN3O2.2ClH/c1-2-18-6-7-19-16(21)15(20-8-10-22-11-9-20)13-4-3-5-14(17)12-13;;/h3-5,12,15,18H,2,6-11H2,1H3,(H,19,21);2*1H. The number of amides is 1. The van der Waals surface area contributed by atoms with E-state index in [1.165, 1.54) is 12.1 Å². The van der Waals surface area contributed by atoms with Gasteiger partial charge in [0.25, 0.3) is 0 Å². The number of benzene rings is 1. The van der Waals surface area contributed by atoms with Gasteiger partial charge in [-0.15, -0.1) is 24.8 Å². The Balaban J connectivity index is 0.00000264. The first-order chi connectivity index (χ1) is 10.7. The number of hydrogen-bond donors (Lipinski definition) is 2. The van der Waals surface area contributed by atoms with E-state index in [-0.39, 0.29) is 36.5 Å². The molecule has 1 fully saturated rings. The number of morpholine rings is 1. The van der Waals surface area contributed by atoms with E-state index in [1.807, 2.05) is 11.8 Å². The van der Waals surface area contributed by atoms with Gasteiger partial charge >= 0.3 is 0 Å². The molecule has 8 heteroatoms. The Labute approximate surface area is 155 Å². The van der Waals surface area contributed by atoms with Crippen LogP contribution in [0.5, 0.6) is 0 Å². The largest absolute Gasteiger partial charge is 0.379 e. The second kappa shape index (κ2) is 12.4. The van der Waals surface area contributed by atoms with Crippen molar-refractivity contribution >= 4 is 30.7 Å². The molecule has 1 unspecified atom stereocenters. The average molecular weight is 382 g/mol. The smallest absolute Gasteiger partial charge is 0.242 e. The number of carbonyl (C=O) groups is 1. The number of halogens is 3. The van der Waals surface area contributed by atoms with Crippen LogP contribution in [0.4, 0.5) is 4.39 Å². The lowest BCUT2D eigenvalue weighted by atomic mass is 10.0. The second-order valence-corrected chi connectivity index (χ2v) is 5.25. The number of rotatable bonds is 7. The van der Waals surface area contributed by atoms with E-state index in [0.717, 1.165) is 13.1 Å². The molecule has 2 rings (SSSR count). The molecule has 1 amide bonds. The minimum absolute atomic E-state index is 0. The summed E-state index contributed by atoms with van der Waals surface area (Å²) in [5.74, 6) is -0.415. The fourth-order valence-electron chi connectivity index (χ4n) is 2.59. The Bertz CT molecular complexity index is 488. The third-order valence-corrected chi connectivity index (χ3v) is 3.67. The number of nitrogens with one attached hydrogen (secondary N) is 2. The van der Waals surface area contributed by atoms with E-state index < -0.39 is 6.04 Å². The molecule has 1 heterocycles. The van der Waals surface area contributed by atoms with Crippen LogP contribution in [-0.4, -0.2) is 56.7 Å². The summed E-state index contributed by atoms with van der Waals surface area (Å²) in [4.78, 5) is 14.6. The Morgan fingerprint density at radius 1 is 1.29 bits per heavy atom. The summed E-state index contributed by atoms with van der Waals surface area (Å²) in [6.07, 6.45) is 0. The topological polar surface area (TPSA) is 53.6 Å². The normalized spacial score (nSPS) is 15.8. The molecule has 138 valence electrons. The van der Waals surface area contributed by atoms with Crippen molar-refractivity contribution in [3.63, 3.8) is 0 Å². The molecule has 0 aromatic heterocycles. The van der Waals surface area contributed by atoms with Crippen LogP contribution in [0.15, 0.2) is 24.3 Å². The van der Waals surface area contributed by atoms with E-state index >= 15 is 0 Å². The maximum atomic E-state index is 13.5. The number of carbonyl (C=O) groups excluding carboxylic acids is 1. The maximum absolute atomic E-state index is 13.5. The van der Waals surface area contributed by atoms with Gasteiger partial charge in [0, 0.05) is 26.2 Å². The van der Waals surface area contributed by atoms with Crippen molar-refractivity contribution in [2.75, 3.05) is 45.9 Å². The van der Waals surface area contributed by atoms with Gasteiger partial charge in [-0.2, -0.15) is 0 Å². The molecule has 2 N–H and O–H groups in total. The SMILES string of the molecule is CCNCCNC(=O)C(c1cccc(F)c1)N1CCOCC1.Cl.Cl. The van der Waals surface area contributed by atoms with Crippen LogP contribution in [0, 0.1) is 5.82 Å². The van der Waals surface area contributed by atoms with Crippen LogP contribution in [0.3, 0.4) is 0 Å². The van der Waals surface area contributed by atoms with Crippen molar-refractivity contribution < 1.29 is 13.9 Å². The van der Waals surface area contributed by atoms with Crippen LogP contribution in [0.2, 0.25) is 0 Å². The molecule has 0 saturated carbocycles. The Morgan fingerprint density at radius 2 is 2.00 bits per heavy atom. The van der Waals surface area contributed by atoms with Gasteiger partial charge in [0.1, 0.15) is 11.9 Å². The Kier molecular flexibility index (Phi) is 12.0. The molecule has 1 aliphatic heterocycles. The fourth-order valence-corrected chi connectivity index (χ4v) is 2.59. The molecule has 1 atom stereocenters. The van der Waals surface area contributed by atoms with Crippen LogP contribution in [0.25, 0.3) is 0 Å². The molecule has 0 aliphatic carbocycles. The monoisotopic (exact) mass is 381 g/mol. The van der Waals surface area contributed by atoms with Crippen molar-refractivity contribution in [1.29, 1.82) is 0 Å². The zero-order chi connectivity index (χ0) is 15.8. The highest BCUT2D eigenvalue weighted by Gasteiger charge is 2.29. The van der Waals surface area contributed by atoms with E-state index in [9.17, 15) is 9.18 Å². The molecule has 1 saturated heterocycles. The summed E-state index contributed by atoms with van der Waals surface area (Å²) in [5, 5.41) is 6.09. The number of likely N-dealkylation sites (N-methyl/N-ethyl adjacent to an activating group) is 1. The van der Waals surface area contributed by atoms with Crippen molar-refractivity contribution in [3.8, 4) is 0 Å². The maximum Gasteiger partial charge on any atom is 0.242 e. The van der Waals surface area contributed by atoms with Gasteiger partial charge in [-0.25, -0.2) is 4.39 Å². The van der Waals surface area contributed by atoms with Gasteiger partial charge in [-0.1, -0.05) is 19.1 Å². The van der Waals surface area contributed by atoms with E-state index in [2.05, 4.69) is 10.6 Å². The van der Waals surface area contributed by atoms with Crippen molar-refractivity contribution in [2.45, 2.75) is 13.0 Å². The highest BCUT2D eigenvalue weighted by Crippen LogP contribution is 2.22. The summed E-state index contributed by atoms with van der Waals surface area (Å²) >= 11 is 0. The number of nitrogens with zero attached hydrogens (tertiary/aromatic N) is 1. The van der Waals surface area contributed by atoms with Crippen LogP contribution >= 0.6 is 24.8 Å². The lowest BCUT2D eigenvalue weighted by Crippen LogP contribution is -2.46. The first-order valence-corrected chi connectivity index (χ1v) is 7.78. The summed E-state index contributed by atoms with van der Waals surface area (Å²) < 4.78 is 18.9. The van der Waals surface area contributed by atoms with Gasteiger partial charge in [-0.3, -0.25) is 9.69 Å². The minimum atomic E-state index is -0.471. The molecule has 5 nitrogen and oxygen atoms in total. The van der Waals surface area contributed by atoms with Gasteiger partial charge in [0.05, 0.1) is 13.2 Å². The van der Waals surface area contributed by atoms with Crippen LogP contribution in [0.1, 0.15) is 18.5 Å². The molecular formula is C16H26Cl2FN3O2. The zero-order valence-electron chi connectivity index (χ0n) is 13.8. The minimum Gasteiger partial charge on any atom is -0.379 e. The van der Waals surface area contributed by atoms with Gasteiger partial charge < -0.3 is 15.4 Å². The molecule has 0 spiro atoms. The third kappa shape index (κ3) is 6.91. The van der Waals surface area contributed by atoms with Gasteiger partial charge in [0.2, 0.25) is 5.91 Å². The summed E-state index contributed by atoms with van der Waals surface area (Å²) in [6.45, 7) is 6.69. The van der Waals surface area contributed by atoms with Crippen molar-refractivity contribution in [1.82, 2.24) is 15.5 Å². The highest BCUT2D eigenvalue weighted by atomic mass is 35.5. The molecule has 24 heavy (non-hydrogen) atoms. The Hall–Kier alpha value is -0.920. The van der Waals surface area contributed by atoms with Gasteiger partial charge in [-0.05, 0) is 24.2 Å². The molecule has 1 aromatic rings. The van der Waals surface area contributed by atoms with Crippen LogP contribution in [-0.2, 0) is 9.53 Å². The molecular weight excluding hydrogens is 356 g/mol. The third-order valence-electron chi connectivity index (χ3n) is 3.67. The summed E-state index contributed by atoms with van der Waals surface area (Å²) in [5.41, 5.74) is 0.683. The van der Waals surface area contributed by atoms with E-state index in [1.54, 1.807) is 12.1 Å². The van der Waals surface area contributed by atoms with Crippen molar-refractivity contribution in [3.05, 3.63) is 35.6 Å². The van der Waals surface area contributed by atoms with Crippen molar-refractivity contribution in [2.24, 2.45) is 0 Å². The summed E-state index contributed by atoms with van der Waals surface area (Å²) in [7, 11) is 0. The summed E-state index contributed by atoms with van der Waals surface area (Å²) in [6, 6.07) is 5.80. The lowest BCUT2D eigenvalue weighted by Gasteiger charge is -2.33. The second-order valence-electron chi connectivity index (χ2n) is 5.25. The molecule has 0 radical (unpaired) electrons. The quantitative estimate of drug-likeness (QED) is 0.706. The predicted molar refractivity (Wildman–Crippen MR) is 97.6 cm³/mol. The Morgan fingerprint density at radius 3 is 2.62 bits per heavy atom. The fraction of sp³-hybridized carbons (Fsp3) is 0.562. The molecule has 0 bridgehead atoms. The zero-order valence-corrected chi connectivity index (χ0v) is 15.4. The highest BCUT2D eigenvalue weighted by molar-refractivity contribution is 5.85. The average Bonchev–Trinajstić information content (AvgIpc) is 2.53. The predicted octanol–water partition coefficient (Wildman–Crippen LogP) is 1.77. The molecule has 1 aliphatic rings. The first kappa shape index (κ1) is 23.1. The van der Waals surface area contributed by atoms with E-state index in [0.29, 0.717) is 38.4 Å². The first-order valence-electron chi connectivity index (χ1n) is 7.78. The molecule has 1 aromatic carbocycles. The van der Waals surface area contributed by atoms with Crippen LogP contribution < -0.4 is 10.6 Å². The van der Waals surface area contributed by atoms with E-state index in [4.69, 9.17) is 4.74 Å². The number of hydrogen-bond acceptors (Lipinski definition) is 4.